The second kappa shape index (κ2) is 9.21. The number of carbonyl (C=O) groups is 1. The maximum absolute atomic E-state index is 12.2. The molecule has 1 amide bonds. The van der Waals surface area contributed by atoms with Crippen LogP contribution in [0.25, 0.3) is 0 Å². The van der Waals surface area contributed by atoms with Crippen molar-refractivity contribution in [3.05, 3.63) is 0 Å². The summed E-state index contributed by atoms with van der Waals surface area (Å²) in [6.45, 7) is 3.46. The van der Waals surface area contributed by atoms with Crippen molar-refractivity contribution >= 4 is 5.91 Å². The first-order chi connectivity index (χ1) is 13.2. The summed E-state index contributed by atoms with van der Waals surface area (Å²) in [5, 5.41) is 13.3. The zero-order valence-corrected chi connectivity index (χ0v) is 16.5. The summed E-state index contributed by atoms with van der Waals surface area (Å²) < 4.78 is 12.1. The Morgan fingerprint density at radius 1 is 1.04 bits per heavy atom. The van der Waals surface area contributed by atoms with Gasteiger partial charge in [0.2, 0.25) is 5.91 Å². The average molecular weight is 381 g/mol. The molecule has 6 heteroatoms. The lowest BCUT2D eigenvalue weighted by Gasteiger charge is -2.45. The van der Waals surface area contributed by atoms with Crippen LogP contribution in [0.4, 0.5) is 0 Å². The van der Waals surface area contributed by atoms with E-state index in [2.05, 4.69) is 10.2 Å². The Balaban J connectivity index is 1.32. The van der Waals surface area contributed by atoms with Crippen molar-refractivity contribution in [1.29, 1.82) is 0 Å². The number of carbonyl (C=O) groups excluding carboxylic acids is 1. The fraction of sp³-hybridized carbons (Fsp3) is 0.952. The van der Waals surface area contributed by atoms with Crippen LogP contribution < -0.4 is 5.32 Å². The van der Waals surface area contributed by atoms with Crippen LogP contribution in [0.1, 0.15) is 57.8 Å². The molecule has 4 aliphatic rings. The van der Waals surface area contributed by atoms with Gasteiger partial charge in [-0.15, -0.1) is 0 Å². The van der Waals surface area contributed by atoms with Crippen LogP contribution in [0, 0.1) is 11.8 Å². The van der Waals surface area contributed by atoms with Gasteiger partial charge in [0.15, 0.2) is 0 Å². The largest absolute Gasteiger partial charge is 0.389 e. The van der Waals surface area contributed by atoms with E-state index in [1.54, 1.807) is 0 Å². The molecule has 0 aromatic rings. The zero-order valence-electron chi connectivity index (χ0n) is 16.5. The quantitative estimate of drug-likeness (QED) is 0.734. The Hall–Kier alpha value is -0.690. The number of amides is 1. The van der Waals surface area contributed by atoms with Gasteiger partial charge in [0.25, 0.3) is 0 Å². The first kappa shape index (κ1) is 19.6. The van der Waals surface area contributed by atoms with Gasteiger partial charge < -0.3 is 19.9 Å². The second-order valence-electron chi connectivity index (χ2n) is 9.19. The minimum absolute atomic E-state index is 0.00765. The molecule has 0 unspecified atom stereocenters. The summed E-state index contributed by atoms with van der Waals surface area (Å²) in [5.41, 5.74) is 0. The molecule has 2 saturated heterocycles. The normalized spacial score (nSPS) is 36.0. The predicted octanol–water partition coefficient (Wildman–Crippen LogP) is 1.70. The standard InChI is InChI=1S/C21H36N2O4/c24-17-12-23(11-16-3-1-2-4-16)19-8-7-18(27-20(19)14-26-13-17)9-21(25)22-10-15-5-6-15/h15-20,24H,1-14H2,(H,22,25)/t17-,18-,19-,20+/m0/s1. The average Bonchev–Trinajstić information content (AvgIpc) is 3.33. The molecule has 0 bridgehead atoms. The lowest BCUT2D eigenvalue weighted by Crippen LogP contribution is -2.56. The highest BCUT2D eigenvalue weighted by Gasteiger charge is 2.39. The maximum Gasteiger partial charge on any atom is 0.222 e. The molecule has 6 nitrogen and oxygen atoms in total. The Morgan fingerprint density at radius 2 is 1.85 bits per heavy atom. The molecule has 2 saturated carbocycles. The third-order valence-corrected chi connectivity index (χ3v) is 6.75. The Labute approximate surface area is 163 Å². The summed E-state index contributed by atoms with van der Waals surface area (Å²) in [6, 6.07) is 0.298. The molecule has 0 aromatic heterocycles. The molecule has 2 N–H and O–H groups in total. The molecule has 2 heterocycles. The molecule has 4 atom stereocenters. The zero-order chi connectivity index (χ0) is 18.6. The first-order valence-corrected chi connectivity index (χ1v) is 11.1. The molecule has 154 valence electrons. The fourth-order valence-electron chi connectivity index (χ4n) is 5.04. The van der Waals surface area contributed by atoms with Crippen LogP contribution in [0.15, 0.2) is 0 Å². The third kappa shape index (κ3) is 5.66. The number of hydrogen-bond donors (Lipinski definition) is 2. The van der Waals surface area contributed by atoms with Crippen molar-refractivity contribution in [2.24, 2.45) is 11.8 Å². The molecule has 0 aromatic carbocycles. The van der Waals surface area contributed by atoms with E-state index in [4.69, 9.17) is 9.47 Å². The van der Waals surface area contributed by atoms with E-state index in [-0.39, 0.29) is 18.1 Å². The molecule has 0 spiro atoms. The van der Waals surface area contributed by atoms with Gasteiger partial charge in [-0.25, -0.2) is 0 Å². The van der Waals surface area contributed by atoms with Gasteiger partial charge >= 0.3 is 0 Å². The van der Waals surface area contributed by atoms with E-state index < -0.39 is 6.10 Å². The van der Waals surface area contributed by atoms with Gasteiger partial charge in [0.1, 0.15) is 0 Å². The Bertz CT molecular complexity index is 493. The van der Waals surface area contributed by atoms with E-state index in [1.807, 2.05) is 0 Å². The summed E-state index contributed by atoms with van der Waals surface area (Å²) in [7, 11) is 0. The molecule has 27 heavy (non-hydrogen) atoms. The van der Waals surface area contributed by atoms with Crippen LogP contribution in [0.5, 0.6) is 0 Å². The highest BCUT2D eigenvalue weighted by Crippen LogP contribution is 2.32. The summed E-state index contributed by atoms with van der Waals surface area (Å²) in [5.74, 6) is 1.58. The van der Waals surface area contributed by atoms with Crippen molar-refractivity contribution in [2.45, 2.75) is 82.1 Å². The number of β-amino-alcohol motifs (C(OH)–C–C–N with tert-alkyl or cyclic N) is 1. The third-order valence-electron chi connectivity index (χ3n) is 6.75. The van der Waals surface area contributed by atoms with E-state index >= 15 is 0 Å². The minimum Gasteiger partial charge on any atom is -0.389 e. The molecule has 4 rings (SSSR count). The number of ether oxygens (including phenoxy) is 2. The smallest absolute Gasteiger partial charge is 0.222 e. The number of rotatable bonds is 6. The van der Waals surface area contributed by atoms with Gasteiger partial charge in [-0.1, -0.05) is 12.8 Å². The van der Waals surface area contributed by atoms with Crippen LogP contribution >= 0.6 is 0 Å². The summed E-state index contributed by atoms with van der Waals surface area (Å²) in [4.78, 5) is 14.7. The van der Waals surface area contributed by atoms with Crippen LogP contribution in [-0.4, -0.2) is 73.1 Å². The lowest BCUT2D eigenvalue weighted by atomic mass is 9.93. The van der Waals surface area contributed by atoms with E-state index in [0.29, 0.717) is 38.1 Å². The van der Waals surface area contributed by atoms with Gasteiger partial charge in [-0.2, -0.15) is 0 Å². The summed E-state index contributed by atoms with van der Waals surface area (Å²) in [6.07, 6.45) is 9.79. The summed E-state index contributed by atoms with van der Waals surface area (Å²) >= 11 is 0. The van der Waals surface area contributed by atoms with Crippen LogP contribution in [-0.2, 0) is 14.3 Å². The molecule has 2 aliphatic carbocycles. The first-order valence-electron chi connectivity index (χ1n) is 11.1. The van der Waals surface area contributed by atoms with E-state index in [0.717, 1.165) is 31.8 Å². The van der Waals surface area contributed by atoms with Crippen LogP contribution in [0.3, 0.4) is 0 Å². The van der Waals surface area contributed by atoms with E-state index in [1.165, 1.54) is 38.5 Å². The molecule has 2 aliphatic heterocycles. The Morgan fingerprint density at radius 3 is 2.63 bits per heavy atom. The molecular weight excluding hydrogens is 344 g/mol. The van der Waals surface area contributed by atoms with Gasteiger partial charge in [-0.3, -0.25) is 9.69 Å². The minimum atomic E-state index is -0.418. The SMILES string of the molecule is O=C(C[C@@H]1CC[C@H]2[C@@H](COC[C@@H](O)CN2CC2CCCC2)O1)NCC1CC1. The molecule has 4 fully saturated rings. The number of fused-ring (bicyclic) bond motifs is 1. The number of hydrogen-bond acceptors (Lipinski definition) is 5. The molecule has 0 radical (unpaired) electrons. The number of aliphatic hydroxyl groups is 1. The highest BCUT2D eigenvalue weighted by molar-refractivity contribution is 5.76. The van der Waals surface area contributed by atoms with Crippen molar-refractivity contribution in [2.75, 3.05) is 32.8 Å². The van der Waals surface area contributed by atoms with Crippen molar-refractivity contribution in [3.8, 4) is 0 Å². The fourth-order valence-corrected chi connectivity index (χ4v) is 5.04. The Kier molecular flexibility index (Phi) is 6.69. The number of nitrogens with zero attached hydrogens (tertiary/aromatic N) is 1. The van der Waals surface area contributed by atoms with Gasteiger partial charge in [0.05, 0.1) is 37.9 Å². The highest BCUT2D eigenvalue weighted by atomic mass is 16.5. The van der Waals surface area contributed by atoms with Gasteiger partial charge in [0, 0.05) is 25.7 Å². The number of aliphatic hydroxyl groups excluding tert-OH is 1. The molecular formula is C21H36N2O4. The topological polar surface area (TPSA) is 71.0 Å². The monoisotopic (exact) mass is 380 g/mol. The van der Waals surface area contributed by atoms with Gasteiger partial charge in [-0.05, 0) is 50.4 Å². The second-order valence-corrected chi connectivity index (χ2v) is 9.19. The van der Waals surface area contributed by atoms with E-state index in [9.17, 15) is 9.90 Å². The predicted molar refractivity (Wildman–Crippen MR) is 102 cm³/mol. The lowest BCUT2D eigenvalue weighted by molar-refractivity contribution is -0.158. The van der Waals surface area contributed by atoms with Crippen molar-refractivity contribution in [3.63, 3.8) is 0 Å². The maximum atomic E-state index is 12.2. The van der Waals surface area contributed by atoms with Crippen LogP contribution in [0.2, 0.25) is 0 Å². The number of nitrogens with one attached hydrogen (secondary N) is 1. The van der Waals surface area contributed by atoms with Crippen molar-refractivity contribution < 1.29 is 19.4 Å². The van der Waals surface area contributed by atoms with Crippen molar-refractivity contribution in [1.82, 2.24) is 10.2 Å².